The SMILES string of the molecule is C=C/C=C\CCN(CCC)CC(O)COC. The third-order valence-corrected chi connectivity index (χ3v) is 2.25. The molecule has 3 heteroatoms. The number of ether oxygens (including phenoxy) is 1. The van der Waals surface area contributed by atoms with Crippen molar-refractivity contribution < 1.29 is 9.84 Å². The maximum Gasteiger partial charge on any atom is 0.0900 e. The summed E-state index contributed by atoms with van der Waals surface area (Å²) in [6.07, 6.45) is 7.54. The molecule has 0 aliphatic rings. The number of allylic oxidation sites excluding steroid dienone is 2. The lowest BCUT2D eigenvalue weighted by Gasteiger charge is -2.23. The molecule has 0 aromatic rings. The van der Waals surface area contributed by atoms with Crippen molar-refractivity contribution in [1.29, 1.82) is 0 Å². The number of hydrogen-bond donors (Lipinski definition) is 1. The molecule has 0 heterocycles. The van der Waals surface area contributed by atoms with Crippen molar-refractivity contribution in [2.24, 2.45) is 0 Å². The van der Waals surface area contributed by atoms with Gasteiger partial charge in [-0.1, -0.05) is 31.7 Å². The van der Waals surface area contributed by atoms with Crippen molar-refractivity contribution in [3.05, 3.63) is 24.8 Å². The second-order valence-electron chi connectivity index (χ2n) is 3.86. The Hall–Kier alpha value is -0.640. The van der Waals surface area contributed by atoms with Crippen LogP contribution in [0, 0.1) is 0 Å². The molecule has 0 saturated heterocycles. The van der Waals surface area contributed by atoms with Crippen LogP contribution in [0.15, 0.2) is 24.8 Å². The van der Waals surface area contributed by atoms with Crippen LogP contribution >= 0.6 is 0 Å². The van der Waals surface area contributed by atoms with E-state index in [9.17, 15) is 5.11 Å². The number of hydrogen-bond acceptors (Lipinski definition) is 3. The van der Waals surface area contributed by atoms with E-state index < -0.39 is 0 Å². The number of aliphatic hydroxyl groups is 1. The molecule has 94 valence electrons. The van der Waals surface area contributed by atoms with Crippen molar-refractivity contribution in [3.8, 4) is 0 Å². The first kappa shape index (κ1) is 15.4. The van der Waals surface area contributed by atoms with Crippen LogP contribution in [0.4, 0.5) is 0 Å². The first-order valence-corrected chi connectivity index (χ1v) is 5.91. The molecule has 0 amide bonds. The summed E-state index contributed by atoms with van der Waals surface area (Å²) >= 11 is 0. The fraction of sp³-hybridized carbons (Fsp3) is 0.692. The molecule has 1 N–H and O–H groups in total. The van der Waals surface area contributed by atoms with Gasteiger partial charge in [0.1, 0.15) is 0 Å². The molecule has 3 nitrogen and oxygen atoms in total. The summed E-state index contributed by atoms with van der Waals surface area (Å²) in [7, 11) is 1.61. The topological polar surface area (TPSA) is 32.7 Å². The van der Waals surface area contributed by atoms with E-state index in [0.29, 0.717) is 13.2 Å². The molecule has 0 saturated carbocycles. The van der Waals surface area contributed by atoms with Crippen LogP contribution in [-0.4, -0.2) is 49.5 Å². The van der Waals surface area contributed by atoms with Crippen molar-refractivity contribution in [2.75, 3.05) is 33.4 Å². The van der Waals surface area contributed by atoms with Gasteiger partial charge < -0.3 is 14.7 Å². The lowest BCUT2D eigenvalue weighted by Crippen LogP contribution is -2.35. The first-order chi connectivity index (χ1) is 7.74. The molecule has 0 radical (unpaired) electrons. The zero-order valence-corrected chi connectivity index (χ0v) is 10.6. The Kier molecular flexibility index (Phi) is 10.4. The zero-order chi connectivity index (χ0) is 12.2. The van der Waals surface area contributed by atoms with Crippen molar-refractivity contribution in [1.82, 2.24) is 4.90 Å². The van der Waals surface area contributed by atoms with Crippen LogP contribution in [0.1, 0.15) is 19.8 Å². The molecule has 0 aromatic heterocycles. The normalized spacial score (nSPS) is 13.5. The average Bonchev–Trinajstić information content (AvgIpc) is 2.25. The van der Waals surface area contributed by atoms with Gasteiger partial charge in [-0.2, -0.15) is 0 Å². The highest BCUT2D eigenvalue weighted by Gasteiger charge is 2.09. The van der Waals surface area contributed by atoms with Gasteiger partial charge in [0.05, 0.1) is 12.7 Å². The van der Waals surface area contributed by atoms with E-state index in [1.54, 1.807) is 13.2 Å². The van der Waals surface area contributed by atoms with E-state index in [1.165, 1.54) is 0 Å². The van der Waals surface area contributed by atoms with E-state index in [4.69, 9.17) is 4.74 Å². The average molecular weight is 227 g/mol. The van der Waals surface area contributed by atoms with E-state index in [1.807, 2.05) is 6.08 Å². The minimum absolute atomic E-state index is 0.389. The van der Waals surface area contributed by atoms with Crippen LogP contribution in [0.2, 0.25) is 0 Å². The fourth-order valence-corrected chi connectivity index (χ4v) is 1.60. The Morgan fingerprint density at radius 3 is 2.75 bits per heavy atom. The summed E-state index contributed by atoms with van der Waals surface area (Å²) in [5.74, 6) is 0. The number of nitrogens with zero attached hydrogens (tertiary/aromatic N) is 1. The summed E-state index contributed by atoms with van der Waals surface area (Å²) < 4.78 is 4.92. The Morgan fingerprint density at radius 2 is 2.19 bits per heavy atom. The van der Waals surface area contributed by atoms with Crippen LogP contribution in [0.5, 0.6) is 0 Å². The summed E-state index contributed by atoms with van der Waals surface area (Å²) in [6.45, 7) is 8.85. The Morgan fingerprint density at radius 1 is 1.44 bits per heavy atom. The van der Waals surface area contributed by atoms with Crippen molar-refractivity contribution in [3.63, 3.8) is 0 Å². The molecule has 1 atom stereocenters. The van der Waals surface area contributed by atoms with Gasteiger partial charge in [0.2, 0.25) is 0 Å². The van der Waals surface area contributed by atoms with Crippen molar-refractivity contribution in [2.45, 2.75) is 25.9 Å². The van der Waals surface area contributed by atoms with Crippen LogP contribution in [0.25, 0.3) is 0 Å². The minimum atomic E-state index is -0.389. The highest BCUT2D eigenvalue weighted by molar-refractivity contribution is 4.97. The maximum atomic E-state index is 9.65. The number of methoxy groups -OCH3 is 1. The second-order valence-corrected chi connectivity index (χ2v) is 3.86. The Bertz CT molecular complexity index is 192. The van der Waals surface area contributed by atoms with Gasteiger partial charge in [-0.15, -0.1) is 0 Å². The highest BCUT2D eigenvalue weighted by Crippen LogP contribution is 1.98. The van der Waals surface area contributed by atoms with Gasteiger partial charge in [0, 0.05) is 20.2 Å². The van der Waals surface area contributed by atoms with Crippen molar-refractivity contribution >= 4 is 0 Å². The fourth-order valence-electron chi connectivity index (χ4n) is 1.60. The molecular formula is C13H25NO2. The smallest absolute Gasteiger partial charge is 0.0900 e. The highest BCUT2D eigenvalue weighted by atomic mass is 16.5. The third kappa shape index (κ3) is 8.65. The minimum Gasteiger partial charge on any atom is -0.389 e. The van der Waals surface area contributed by atoms with Gasteiger partial charge in [-0.25, -0.2) is 0 Å². The third-order valence-electron chi connectivity index (χ3n) is 2.25. The maximum absolute atomic E-state index is 9.65. The molecule has 0 fully saturated rings. The lowest BCUT2D eigenvalue weighted by molar-refractivity contribution is 0.0380. The molecule has 16 heavy (non-hydrogen) atoms. The summed E-state index contributed by atoms with van der Waals surface area (Å²) in [5.41, 5.74) is 0. The van der Waals surface area contributed by atoms with E-state index in [2.05, 4.69) is 24.5 Å². The zero-order valence-electron chi connectivity index (χ0n) is 10.6. The molecule has 0 rings (SSSR count). The molecule has 0 bridgehead atoms. The monoisotopic (exact) mass is 227 g/mol. The molecule has 0 aliphatic heterocycles. The van der Waals surface area contributed by atoms with Gasteiger partial charge in [-0.3, -0.25) is 0 Å². The van der Waals surface area contributed by atoms with Gasteiger partial charge in [0.25, 0.3) is 0 Å². The quantitative estimate of drug-likeness (QED) is 0.578. The Labute approximate surface area is 99.4 Å². The molecule has 1 unspecified atom stereocenters. The molecular weight excluding hydrogens is 202 g/mol. The lowest BCUT2D eigenvalue weighted by atomic mass is 10.2. The van der Waals surface area contributed by atoms with Gasteiger partial charge >= 0.3 is 0 Å². The van der Waals surface area contributed by atoms with E-state index >= 15 is 0 Å². The molecule has 0 aromatic carbocycles. The summed E-state index contributed by atoms with van der Waals surface area (Å²) in [4.78, 5) is 2.26. The van der Waals surface area contributed by atoms with Gasteiger partial charge in [0.15, 0.2) is 0 Å². The van der Waals surface area contributed by atoms with Crippen LogP contribution < -0.4 is 0 Å². The standard InChI is InChI=1S/C13H25NO2/c1-4-6-7-8-10-14(9-5-2)11-13(15)12-16-3/h4,6-7,13,15H,1,5,8-12H2,2-3H3/b7-6-. The van der Waals surface area contributed by atoms with Gasteiger partial charge in [-0.05, 0) is 19.4 Å². The molecule has 0 spiro atoms. The predicted molar refractivity (Wildman–Crippen MR) is 68.6 cm³/mol. The van der Waals surface area contributed by atoms with Crippen LogP contribution in [0.3, 0.4) is 0 Å². The van der Waals surface area contributed by atoms with Crippen LogP contribution in [-0.2, 0) is 4.74 Å². The Balaban J connectivity index is 3.85. The summed E-state index contributed by atoms with van der Waals surface area (Å²) in [6, 6.07) is 0. The second kappa shape index (κ2) is 10.9. The summed E-state index contributed by atoms with van der Waals surface area (Å²) in [5, 5.41) is 9.65. The van der Waals surface area contributed by atoms with E-state index in [0.717, 1.165) is 25.9 Å². The first-order valence-electron chi connectivity index (χ1n) is 5.91. The van der Waals surface area contributed by atoms with E-state index in [-0.39, 0.29) is 6.10 Å². The number of aliphatic hydroxyl groups excluding tert-OH is 1. The molecule has 0 aliphatic carbocycles. The number of rotatable bonds is 10. The largest absolute Gasteiger partial charge is 0.389 e. The predicted octanol–water partition coefficient (Wildman–Crippen LogP) is 1.84.